The molecule has 0 unspecified atom stereocenters. The lowest BCUT2D eigenvalue weighted by Gasteiger charge is -2.02. The summed E-state index contributed by atoms with van der Waals surface area (Å²) in [6.45, 7) is 1.64. The van der Waals surface area contributed by atoms with Gasteiger partial charge in [-0.3, -0.25) is 0 Å². The maximum absolute atomic E-state index is 12.1. The third kappa shape index (κ3) is 4.23. The fraction of sp³-hybridized carbons (Fsp3) is 0.136. The molecule has 0 fully saturated rings. The molecule has 1 aromatic heterocycles. The van der Waals surface area contributed by atoms with Crippen LogP contribution in [0.4, 0.5) is 15.8 Å². The molecule has 0 spiro atoms. The molecule has 0 saturated heterocycles. The molecular weight excluding hydrogens is 373 g/mol. The van der Waals surface area contributed by atoms with E-state index in [9.17, 15) is 4.39 Å². The minimum Gasteiger partial charge on any atom is -0.491 e. The molecule has 28 heavy (non-hydrogen) atoms. The van der Waals surface area contributed by atoms with Gasteiger partial charge in [-0.05, 0) is 73.2 Å². The first kappa shape index (κ1) is 18.3. The Bertz CT molecular complexity index is 1110. The third-order valence-corrected chi connectivity index (χ3v) is 5.19. The first-order valence-corrected chi connectivity index (χ1v) is 9.71. The monoisotopic (exact) mass is 391 g/mol. The first-order valence-electron chi connectivity index (χ1n) is 8.89. The predicted octanol–water partition coefficient (Wildman–Crippen LogP) is 7.04. The van der Waals surface area contributed by atoms with E-state index in [2.05, 4.69) is 35.4 Å². The van der Waals surface area contributed by atoms with E-state index in [-0.39, 0.29) is 6.61 Å². The van der Waals surface area contributed by atoms with Gasteiger partial charge in [-0.2, -0.15) is 10.2 Å². The second-order valence-corrected chi connectivity index (χ2v) is 7.30. The normalized spacial score (nSPS) is 11.4. The van der Waals surface area contributed by atoms with Crippen molar-refractivity contribution in [2.24, 2.45) is 10.2 Å². The van der Waals surface area contributed by atoms with E-state index in [1.165, 1.54) is 10.3 Å². The van der Waals surface area contributed by atoms with Gasteiger partial charge >= 0.3 is 0 Å². The molecule has 3 aromatic carbocycles. The Balaban J connectivity index is 1.47. The zero-order valence-electron chi connectivity index (χ0n) is 15.3. The van der Waals surface area contributed by atoms with E-state index >= 15 is 0 Å². The highest BCUT2D eigenvalue weighted by molar-refractivity contribution is 7.21. The Labute approximate surface area is 166 Å². The summed E-state index contributed by atoms with van der Waals surface area (Å²) < 4.78 is 18.5. The van der Waals surface area contributed by atoms with Crippen molar-refractivity contribution in [2.45, 2.75) is 6.92 Å². The van der Waals surface area contributed by atoms with Crippen molar-refractivity contribution in [2.75, 3.05) is 13.3 Å². The quantitative estimate of drug-likeness (QED) is 0.331. The van der Waals surface area contributed by atoms with Crippen LogP contribution in [0.3, 0.4) is 0 Å². The van der Waals surface area contributed by atoms with Crippen LogP contribution in [0.2, 0.25) is 0 Å². The van der Waals surface area contributed by atoms with E-state index in [0.29, 0.717) is 11.4 Å². The van der Waals surface area contributed by atoms with Crippen molar-refractivity contribution in [3.05, 3.63) is 72.3 Å². The van der Waals surface area contributed by atoms with Gasteiger partial charge < -0.3 is 4.74 Å². The number of hydrogen-bond donors (Lipinski definition) is 0. The summed E-state index contributed by atoms with van der Waals surface area (Å²) in [5, 5.41) is 9.49. The molecule has 0 aliphatic heterocycles. The predicted molar refractivity (Wildman–Crippen MR) is 112 cm³/mol. The third-order valence-electron chi connectivity index (χ3n) is 4.12. The number of rotatable bonds is 6. The second kappa shape index (κ2) is 8.27. The summed E-state index contributed by atoms with van der Waals surface area (Å²) >= 11 is 1.69. The van der Waals surface area contributed by atoms with Gasteiger partial charge in [0.05, 0.1) is 21.6 Å². The Kier molecular flexibility index (Phi) is 5.39. The van der Waals surface area contributed by atoms with Crippen LogP contribution in [0.15, 0.2) is 77.0 Å². The van der Waals surface area contributed by atoms with Gasteiger partial charge in [-0.1, -0.05) is 6.07 Å². The molecule has 0 radical (unpaired) electrons. The summed E-state index contributed by atoms with van der Waals surface area (Å²) in [5.74, 6) is 0.618. The summed E-state index contributed by atoms with van der Waals surface area (Å²) in [4.78, 5) is 4.71. The summed E-state index contributed by atoms with van der Waals surface area (Å²) in [7, 11) is 0. The van der Waals surface area contributed by atoms with Gasteiger partial charge in [0.1, 0.15) is 24.0 Å². The number of aryl methyl sites for hydroxylation is 1. The molecule has 1 heterocycles. The number of benzene rings is 3. The van der Waals surface area contributed by atoms with Crippen molar-refractivity contribution in [3.63, 3.8) is 0 Å². The van der Waals surface area contributed by atoms with E-state index < -0.39 is 6.67 Å². The lowest BCUT2D eigenvalue weighted by atomic mass is 10.2. The molecule has 4 aromatic rings. The number of thiazole rings is 1. The molecule has 0 N–H and O–H groups in total. The highest BCUT2D eigenvalue weighted by Gasteiger charge is 2.06. The average Bonchev–Trinajstić information content (AvgIpc) is 3.15. The molecule has 0 aliphatic rings. The largest absolute Gasteiger partial charge is 0.491 e. The van der Waals surface area contributed by atoms with Gasteiger partial charge in [-0.25, -0.2) is 9.37 Å². The van der Waals surface area contributed by atoms with Crippen molar-refractivity contribution >= 4 is 32.9 Å². The van der Waals surface area contributed by atoms with Crippen LogP contribution in [0, 0.1) is 6.92 Å². The van der Waals surface area contributed by atoms with E-state index in [0.717, 1.165) is 21.8 Å². The standard InChI is InChI=1S/C22H18FN3OS/c1-15-2-11-20-21(14-15)28-22(24-20)16-3-5-17(6-4-16)25-26-18-7-9-19(10-8-18)27-13-12-23/h2-11,14H,12-13H2,1H3. The smallest absolute Gasteiger partial charge is 0.124 e. The molecule has 4 rings (SSSR count). The molecule has 0 atom stereocenters. The van der Waals surface area contributed by atoms with E-state index in [4.69, 9.17) is 9.72 Å². The first-order chi connectivity index (χ1) is 13.7. The lowest BCUT2D eigenvalue weighted by Crippen LogP contribution is -1.97. The van der Waals surface area contributed by atoms with Crippen molar-refractivity contribution in [3.8, 4) is 16.3 Å². The summed E-state index contributed by atoms with van der Waals surface area (Å²) in [5.41, 5.74) is 4.79. The van der Waals surface area contributed by atoms with Gasteiger partial charge in [0.25, 0.3) is 0 Å². The molecule has 0 bridgehead atoms. The Hall–Kier alpha value is -3.12. The van der Waals surface area contributed by atoms with Crippen LogP contribution < -0.4 is 4.74 Å². The van der Waals surface area contributed by atoms with Gasteiger partial charge in [0.15, 0.2) is 0 Å². The number of ether oxygens (including phenoxy) is 1. The number of halogens is 1. The van der Waals surface area contributed by atoms with Crippen molar-refractivity contribution in [1.82, 2.24) is 4.98 Å². The van der Waals surface area contributed by atoms with Gasteiger partial charge in [0, 0.05) is 5.56 Å². The number of nitrogens with zero attached hydrogens (tertiary/aromatic N) is 3. The second-order valence-electron chi connectivity index (χ2n) is 6.27. The highest BCUT2D eigenvalue weighted by atomic mass is 32.1. The number of fused-ring (bicyclic) bond motifs is 1. The molecule has 0 aliphatic carbocycles. The Morgan fingerprint density at radius 1 is 0.929 bits per heavy atom. The number of azo groups is 1. The molecule has 140 valence electrons. The van der Waals surface area contributed by atoms with Crippen LogP contribution >= 0.6 is 11.3 Å². The van der Waals surface area contributed by atoms with Crippen LogP contribution in [0.5, 0.6) is 5.75 Å². The zero-order valence-corrected chi connectivity index (χ0v) is 16.1. The van der Waals surface area contributed by atoms with Crippen molar-refractivity contribution in [1.29, 1.82) is 0 Å². The molecule has 0 saturated carbocycles. The van der Waals surface area contributed by atoms with Gasteiger partial charge in [-0.15, -0.1) is 11.3 Å². The van der Waals surface area contributed by atoms with E-state index in [1.54, 1.807) is 35.6 Å². The fourth-order valence-corrected chi connectivity index (χ4v) is 3.78. The van der Waals surface area contributed by atoms with Crippen LogP contribution in [0.25, 0.3) is 20.8 Å². The Morgan fingerprint density at radius 2 is 1.61 bits per heavy atom. The molecule has 4 nitrogen and oxygen atoms in total. The van der Waals surface area contributed by atoms with Crippen LogP contribution in [0.1, 0.15) is 5.56 Å². The molecule has 6 heteroatoms. The number of aromatic nitrogens is 1. The highest BCUT2D eigenvalue weighted by Crippen LogP contribution is 2.32. The lowest BCUT2D eigenvalue weighted by molar-refractivity contribution is 0.273. The molecule has 0 amide bonds. The summed E-state index contributed by atoms with van der Waals surface area (Å²) in [6, 6.07) is 21.2. The van der Waals surface area contributed by atoms with Gasteiger partial charge in [0.2, 0.25) is 0 Å². The maximum atomic E-state index is 12.1. The van der Waals surface area contributed by atoms with Crippen molar-refractivity contribution < 1.29 is 9.13 Å². The SMILES string of the molecule is Cc1ccc2nc(-c3ccc(N=Nc4ccc(OCCF)cc4)cc3)sc2c1. The fourth-order valence-electron chi connectivity index (χ4n) is 2.71. The van der Waals surface area contributed by atoms with Crippen LogP contribution in [-0.2, 0) is 0 Å². The summed E-state index contributed by atoms with van der Waals surface area (Å²) in [6.07, 6.45) is 0. The van der Waals surface area contributed by atoms with Crippen LogP contribution in [-0.4, -0.2) is 18.3 Å². The number of hydrogen-bond acceptors (Lipinski definition) is 5. The zero-order chi connectivity index (χ0) is 19.3. The average molecular weight is 391 g/mol. The minimum atomic E-state index is -0.506. The number of alkyl halides is 1. The topological polar surface area (TPSA) is 46.8 Å². The Morgan fingerprint density at radius 3 is 2.29 bits per heavy atom. The maximum Gasteiger partial charge on any atom is 0.124 e. The van der Waals surface area contributed by atoms with E-state index in [1.807, 2.05) is 24.3 Å². The molecular formula is C22H18FN3OS. The minimum absolute atomic E-state index is 0.0570.